The fourth-order valence-corrected chi connectivity index (χ4v) is 2.19. The molecule has 1 aromatic heterocycles. The number of nitrogens with zero attached hydrogens (tertiary/aromatic N) is 1. The second-order valence-electron chi connectivity index (χ2n) is 5.91. The van der Waals surface area contributed by atoms with Crippen molar-refractivity contribution in [3.05, 3.63) is 46.3 Å². The number of hydrogen-bond donors (Lipinski definition) is 1. The van der Waals surface area contributed by atoms with Crippen molar-refractivity contribution < 1.29 is 9.21 Å². The molecule has 5 heteroatoms. The summed E-state index contributed by atoms with van der Waals surface area (Å²) in [6, 6.07) is 8.75. The molecule has 0 aliphatic rings. The van der Waals surface area contributed by atoms with Gasteiger partial charge in [0.25, 0.3) is 5.91 Å². The third-order valence-corrected chi connectivity index (χ3v) is 3.87. The highest BCUT2D eigenvalue weighted by Gasteiger charge is 2.18. The number of fused-ring (bicyclic) bond motifs is 1. The van der Waals surface area contributed by atoms with Crippen LogP contribution in [-0.2, 0) is 0 Å². The Bertz CT molecular complexity index is 721. The van der Waals surface area contributed by atoms with Crippen LogP contribution in [0.15, 0.2) is 39.5 Å². The lowest BCUT2D eigenvalue weighted by atomic mass is 10.0. The van der Waals surface area contributed by atoms with Gasteiger partial charge in [0.1, 0.15) is 11.1 Å². The lowest BCUT2D eigenvalue weighted by Gasteiger charge is -2.21. The minimum absolute atomic E-state index is 0.0308. The van der Waals surface area contributed by atoms with Gasteiger partial charge in [-0.15, -0.1) is 0 Å². The standard InChI is InChI=1S/C17H22N2O3/c1-11(2)14(18)8-9-19(3)16(20)13-10-12-6-4-5-7-15(12)22-17(13)21/h4-7,10-11,14H,8-9,18H2,1-3H3. The minimum Gasteiger partial charge on any atom is -0.422 e. The highest BCUT2D eigenvalue weighted by atomic mass is 16.4. The van der Waals surface area contributed by atoms with Gasteiger partial charge < -0.3 is 15.1 Å². The third kappa shape index (κ3) is 3.54. The molecule has 2 N–H and O–H groups in total. The summed E-state index contributed by atoms with van der Waals surface area (Å²) in [5.74, 6) is 0.0182. The molecule has 1 atom stereocenters. The van der Waals surface area contributed by atoms with Gasteiger partial charge in [0.2, 0.25) is 0 Å². The van der Waals surface area contributed by atoms with E-state index in [1.165, 1.54) is 4.90 Å². The molecular formula is C17H22N2O3. The van der Waals surface area contributed by atoms with Crippen LogP contribution in [0.2, 0.25) is 0 Å². The smallest absolute Gasteiger partial charge is 0.349 e. The molecule has 2 aromatic rings. The summed E-state index contributed by atoms with van der Waals surface area (Å²) in [6.45, 7) is 4.60. The molecule has 0 bridgehead atoms. The van der Waals surface area contributed by atoms with Gasteiger partial charge in [-0.1, -0.05) is 32.0 Å². The first-order valence-electron chi connectivity index (χ1n) is 7.44. The van der Waals surface area contributed by atoms with E-state index in [1.807, 2.05) is 26.0 Å². The number of hydrogen-bond acceptors (Lipinski definition) is 4. The molecule has 5 nitrogen and oxygen atoms in total. The minimum atomic E-state index is -0.608. The van der Waals surface area contributed by atoms with Crippen LogP contribution in [0.1, 0.15) is 30.6 Å². The van der Waals surface area contributed by atoms with Crippen molar-refractivity contribution in [2.24, 2.45) is 11.7 Å². The van der Waals surface area contributed by atoms with E-state index in [1.54, 1.807) is 25.2 Å². The summed E-state index contributed by atoms with van der Waals surface area (Å²) in [7, 11) is 1.67. The van der Waals surface area contributed by atoms with Crippen LogP contribution in [0.4, 0.5) is 0 Å². The number of benzene rings is 1. The molecule has 0 fully saturated rings. The molecular weight excluding hydrogens is 280 g/mol. The zero-order chi connectivity index (χ0) is 16.3. The molecule has 1 unspecified atom stereocenters. The normalized spacial score (nSPS) is 12.6. The van der Waals surface area contributed by atoms with E-state index in [9.17, 15) is 9.59 Å². The summed E-state index contributed by atoms with van der Waals surface area (Å²) in [6.07, 6.45) is 0.693. The number of amides is 1. The van der Waals surface area contributed by atoms with Crippen LogP contribution in [0.25, 0.3) is 11.0 Å². The Morgan fingerprint density at radius 3 is 2.68 bits per heavy atom. The van der Waals surface area contributed by atoms with E-state index in [4.69, 9.17) is 10.2 Å². The predicted molar refractivity (Wildman–Crippen MR) is 86.9 cm³/mol. The van der Waals surface area contributed by atoms with Crippen molar-refractivity contribution in [1.29, 1.82) is 0 Å². The first-order chi connectivity index (χ1) is 10.4. The summed E-state index contributed by atoms with van der Waals surface area (Å²) in [4.78, 5) is 25.9. The van der Waals surface area contributed by atoms with Crippen molar-refractivity contribution in [2.45, 2.75) is 26.3 Å². The van der Waals surface area contributed by atoms with E-state index >= 15 is 0 Å². The topological polar surface area (TPSA) is 76.5 Å². The van der Waals surface area contributed by atoms with Crippen molar-refractivity contribution in [3.63, 3.8) is 0 Å². The maximum Gasteiger partial charge on any atom is 0.349 e. The van der Waals surface area contributed by atoms with Crippen LogP contribution < -0.4 is 11.4 Å². The molecule has 1 heterocycles. The van der Waals surface area contributed by atoms with Crippen LogP contribution in [0.5, 0.6) is 0 Å². The van der Waals surface area contributed by atoms with Crippen LogP contribution in [-0.4, -0.2) is 30.4 Å². The summed E-state index contributed by atoms with van der Waals surface area (Å²) < 4.78 is 5.20. The van der Waals surface area contributed by atoms with Gasteiger partial charge in [-0.3, -0.25) is 4.79 Å². The highest BCUT2D eigenvalue weighted by molar-refractivity contribution is 5.96. The number of carbonyl (C=O) groups is 1. The molecule has 0 aliphatic heterocycles. The van der Waals surface area contributed by atoms with Crippen molar-refractivity contribution in [3.8, 4) is 0 Å². The Labute approximate surface area is 129 Å². The average Bonchev–Trinajstić information content (AvgIpc) is 2.50. The molecule has 1 amide bonds. The second-order valence-corrected chi connectivity index (χ2v) is 5.91. The van der Waals surface area contributed by atoms with Crippen molar-refractivity contribution in [1.82, 2.24) is 4.90 Å². The van der Waals surface area contributed by atoms with E-state index in [-0.39, 0.29) is 17.5 Å². The number of nitrogens with two attached hydrogens (primary N) is 1. The Kier molecular flexibility index (Phi) is 4.98. The lowest BCUT2D eigenvalue weighted by Crippen LogP contribution is -2.36. The van der Waals surface area contributed by atoms with Crippen LogP contribution >= 0.6 is 0 Å². The quantitative estimate of drug-likeness (QED) is 0.859. The zero-order valence-corrected chi connectivity index (χ0v) is 13.2. The maximum absolute atomic E-state index is 12.4. The van der Waals surface area contributed by atoms with E-state index in [2.05, 4.69) is 0 Å². The van der Waals surface area contributed by atoms with Gasteiger partial charge in [-0.2, -0.15) is 0 Å². The first kappa shape index (κ1) is 16.2. The zero-order valence-electron chi connectivity index (χ0n) is 13.2. The fraction of sp³-hybridized carbons (Fsp3) is 0.412. The van der Waals surface area contributed by atoms with Crippen molar-refractivity contribution >= 4 is 16.9 Å². The Hall–Kier alpha value is -2.14. The summed E-state index contributed by atoms with van der Waals surface area (Å²) in [5.41, 5.74) is 5.92. The van der Waals surface area contributed by atoms with Crippen LogP contribution in [0, 0.1) is 5.92 Å². The molecule has 0 spiro atoms. The number of carbonyl (C=O) groups excluding carboxylic acids is 1. The van der Waals surface area contributed by atoms with Crippen LogP contribution in [0.3, 0.4) is 0 Å². The number of rotatable bonds is 5. The predicted octanol–water partition coefficient (Wildman–Crippen LogP) is 2.24. The van der Waals surface area contributed by atoms with E-state index in [0.29, 0.717) is 24.5 Å². The van der Waals surface area contributed by atoms with Gasteiger partial charge in [-0.25, -0.2) is 4.79 Å². The molecule has 0 radical (unpaired) electrons. The molecule has 0 aliphatic carbocycles. The molecule has 0 saturated heterocycles. The largest absolute Gasteiger partial charge is 0.422 e. The summed E-state index contributed by atoms with van der Waals surface area (Å²) >= 11 is 0. The molecule has 2 rings (SSSR count). The Morgan fingerprint density at radius 2 is 2.00 bits per heavy atom. The van der Waals surface area contributed by atoms with Gasteiger partial charge in [0.15, 0.2) is 0 Å². The first-order valence-corrected chi connectivity index (χ1v) is 7.44. The second kappa shape index (κ2) is 6.75. The van der Waals surface area contributed by atoms with Gasteiger partial charge >= 0.3 is 5.63 Å². The average molecular weight is 302 g/mol. The van der Waals surface area contributed by atoms with Gasteiger partial charge in [-0.05, 0) is 24.5 Å². The fourth-order valence-electron chi connectivity index (χ4n) is 2.19. The third-order valence-electron chi connectivity index (χ3n) is 3.87. The van der Waals surface area contributed by atoms with E-state index in [0.717, 1.165) is 5.39 Å². The van der Waals surface area contributed by atoms with Crippen molar-refractivity contribution in [2.75, 3.05) is 13.6 Å². The SMILES string of the molecule is CC(C)C(N)CCN(C)C(=O)c1cc2ccccc2oc1=O. The van der Waals surface area contributed by atoms with E-state index < -0.39 is 5.63 Å². The monoisotopic (exact) mass is 302 g/mol. The maximum atomic E-state index is 12.4. The van der Waals surface area contributed by atoms with Gasteiger partial charge in [0, 0.05) is 25.0 Å². The Balaban J connectivity index is 2.18. The molecule has 118 valence electrons. The molecule has 22 heavy (non-hydrogen) atoms. The van der Waals surface area contributed by atoms with Gasteiger partial charge in [0.05, 0.1) is 0 Å². The summed E-state index contributed by atoms with van der Waals surface area (Å²) in [5, 5.41) is 0.734. The lowest BCUT2D eigenvalue weighted by molar-refractivity contribution is 0.0785. The number of para-hydroxylation sites is 1. The highest BCUT2D eigenvalue weighted by Crippen LogP contribution is 2.14. The Morgan fingerprint density at radius 1 is 1.32 bits per heavy atom. The molecule has 0 saturated carbocycles. The molecule has 1 aromatic carbocycles.